The van der Waals surface area contributed by atoms with E-state index in [0.29, 0.717) is 100.0 Å². The summed E-state index contributed by atoms with van der Waals surface area (Å²) in [5.74, 6) is 0.936. The molecule has 0 bridgehead atoms. The van der Waals surface area contributed by atoms with Crippen molar-refractivity contribution in [1.82, 2.24) is 39.8 Å². The highest BCUT2D eigenvalue weighted by molar-refractivity contribution is 7.89. The van der Waals surface area contributed by atoms with Crippen LogP contribution in [-0.4, -0.2) is 111 Å². The summed E-state index contributed by atoms with van der Waals surface area (Å²) in [6.07, 6.45) is 10.7. The lowest BCUT2D eigenvalue weighted by molar-refractivity contribution is -0.119. The monoisotopic (exact) mass is 886 g/mol. The SMILES string of the molecule is CC[C@@H](NS(=O)(=O)CCCCCN1CC(=O)NC1=O)c1cc([N+]#CC[C@@H](NS(=O)(=O)CCCCCN2CC(=O)NC2=O)c2cncc(OCC3CC3)c2)nc(OCC2CC2)c1. The number of hydrogen-bond donors (Lipinski definition) is 4. The number of ether oxygens (including phenoxy) is 2. The number of rotatable bonds is 26. The largest absolute Gasteiger partial charge is 0.492 e. The van der Waals surface area contributed by atoms with Crippen LogP contribution >= 0.6 is 0 Å². The highest BCUT2D eigenvalue weighted by Gasteiger charge is 2.29. The quantitative estimate of drug-likeness (QED) is 0.0778. The number of amides is 6. The molecule has 0 radical (unpaired) electrons. The molecule has 4 aliphatic rings. The zero-order chi connectivity index (χ0) is 43.4. The Morgan fingerprint density at radius 1 is 0.754 bits per heavy atom. The van der Waals surface area contributed by atoms with E-state index in [2.05, 4.69) is 41.0 Å². The molecule has 4 fully saturated rings. The van der Waals surface area contributed by atoms with Crippen molar-refractivity contribution in [1.29, 1.82) is 0 Å². The van der Waals surface area contributed by atoms with Crippen LogP contribution in [0.25, 0.3) is 4.85 Å². The van der Waals surface area contributed by atoms with Gasteiger partial charge in [-0.15, -0.1) is 0 Å². The van der Waals surface area contributed by atoms with Crippen molar-refractivity contribution in [2.45, 2.75) is 96.1 Å². The van der Waals surface area contributed by atoms with Gasteiger partial charge in [-0.2, -0.15) is 4.85 Å². The summed E-state index contributed by atoms with van der Waals surface area (Å²) in [7, 11) is -7.54. The van der Waals surface area contributed by atoms with Gasteiger partial charge in [-0.25, -0.2) is 35.9 Å². The van der Waals surface area contributed by atoms with Gasteiger partial charge in [-0.3, -0.25) is 25.2 Å². The normalized spacial score (nSPS) is 17.8. The van der Waals surface area contributed by atoms with Crippen LogP contribution in [0.3, 0.4) is 0 Å². The summed E-state index contributed by atoms with van der Waals surface area (Å²) in [4.78, 5) is 62.7. The molecule has 2 aliphatic carbocycles. The summed E-state index contributed by atoms with van der Waals surface area (Å²) in [6, 6.07) is 5.78. The number of nitrogens with zero attached hydrogens (tertiary/aromatic N) is 5. The lowest BCUT2D eigenvalue weighted by Crippen LogP contribution is -2.31. The third-order valence-electron chi connectivity index (χ3n) is 10.7. The third-order valence-corrected chi connectivity index (χ3v) is 13.6. The molecule has 2 aromatic rings. The average molecular weight is 887 g/mol. The molecule has 332 valence electrons. The minimum Gasteiger partial charge on any atom is -0.492 e. The van der Waals surface area contributed by atoms with Gasteiger partial charge >= 0.3 is 23.8 Å². The van der Waals surface area contributed by atoms with Crippen molar-refractivity contribution in [3.05, 3.63) is 46.6 Å². The average Bonchev–Trinajstić information content (AvgIpc) is 4.15. The van der Waals surface area contributed by atoms with E-state index < -0.39 is 44.2 Å². The molecule has 4 N–H and O–H groups in total. The lowest BCUT2D eigenvalue weighted by atomic mass is 10.1. The second kappa shape index (κ2) is 21.3. The van der Waals surface area contributed by atoms with Crippen molar-refractivity contribution in [2.24, 2.45) is 11.8 Å². The Bertz CT molecular complexity index is 2190. The van der Waals surface area contributed by atoms with E-state index in [1.54, 1.807) is 30.6 Å². The summed E-state index contributed by atoms with van der Waals surface area (Å²) >= 11 is 0. The Hall–Kier alpha value is -4.91. The van der Waals surface area contributed by atoms with E-state index >= 15 is 0 Å². The number of urea groups is 2. The van der Waals surface area contributed by atoms with Gasteiger partial charge in [-0.05, 0) is 86.8 Å². The molecule has 19 nitrogen and oxygen atoms in total. The van der Waals surface area contributed by atoms with Gasteiger partial charge < -0.3 is 19.3 Å². The number of hydrogen-bond acceptors (Lipinski definition) is 12. The molecule has 6 rings (SSSR count). The van der Waals surface area contributed by atoms with E-state index in [1.165, 1.54) is 9.80 Å². The molecule has 2 atom stereocenters. The topological polar surface area (TPSA) is 240 Å². The van der Waals surface area contributed by atoms with Gasteiger partial charge in [0.25, 0.3) is 0 Å². The molecule has 0 unspecified atom stereocenters. The van der Waals surface area contributed by atoms with Crippen LogP contribution in [-0.2, 0) is 29.6 Å². The van der Waals surface area contributed by atoms with Crippen molar-refractivity contribution < 1.29 is 45.5 Å². The first-order chi connectivity index (χ1) is 29.2. The maximum atomic E-state index is 13.4. The highest BCUT2D eigenvalue weighted by atomic mass is 32.2. The Labute approximate surface area is 357 Å². The Balaban J connectivity index is 1.11. The fourth-order valence-electron chi connectivity index (χ4n) is 6.79. The van der Waals surface area contributed by atoms with Crippen molar-refractivity contribution >= 4 is 49.7 Å². The number of aromatic nitrogens is 2. The second-order valence-corrected chi connectivity index (χ2v) is 19.8. The first kappa shape index (κ1) is 45.6. The molecular weight excluding hydrogens is 831 g/mol. The summed E-state index contributed by atoms with van der Waals surface area (Å²) in [5, 5.41) is 4.46. The van der Waals surface area contributed by atoms with Gasteiger partial charge in [0.15, 0.2) is 6.07 Å². The molecule has 0 aromatic carbocycles. The van der Waals surface area contributed by atoms with Gasteiger partial charge in [0.05, 0.1) is 49.4 Å². The fourth-order valence-corrected chi connectivity index (χ4v) is 9.58. The molecular formula is C40H56N9O10S2+. The lowest BCUT2D eigenvalue weighted by Gasteiger charge is -2.17. The van der Waals surface area contributed by atoms with Crippen molar-refractivity contribution in [2.75, 3.05) is 50.9 Å². The van der Waals surface area contributed by atoms with Gasteiger partial charge in [0, 0.05) is 36.4 Å². The number of imide groups is 2. The van der Waals surface area contributed by atoms with Crippen LogP contribution < -0.4 is 29.6 Å². The number of pyridine rings is 2. The summed E-state index contributed by atoms with van der Waals surface area (Å²) in [6.45, 7) is 3.59. The van der Waals surface area contributed by atoms with E-state index in [9.17, 15) is 36.0 Å². The Morgan fingerprint density at radius 2 is 1.33 bits per heavy atom. The van der Waals surface area contributed by atoms with Crippen molar-refractivity contribution in [3.8, 4) is 17.7 Å². The van der Waals surface area contributed by atoms with Crippen LogP contribution in [0.1, 0.15) is 107 Å². The molecule has 2 aliphatic heterocycles. The zero-order valence-corrected chi connectivity index (χ0v) is 36.1. The Morgan fingerprint density at radius 3 is 1.87 bits per heavy atom. The van der Waals surface area contributed by atoms with Gasteiger partial charge in [-0.1, -0.05) is 19.8 Å². The summed E-state index contributed by atoms with van der Waals surface area (Å²) < 4.78 is 70.9. The molecule has 21 heteroatoms. The Kier molecular flexibility index (Phi) is 15.9. The minimum absolute atomic E-state index is 0.000848. The summed E-state index contributed by atoms with van der Waals surface area (Å²) in [5.41, 5.74) is 1.15. The van der Waals surface area contributed by atoms with Crippen LogP contribution in [0.4, 0.5) is 15.4 Å². The highest BCUT2D eigenvalue weighted by Crippen LogP contribution is 2.32. The van der Waals surface area contributed by atoms with E-state index in [0.717, 1.165) is 25.7 Å². The van der Waals surface area contributed by atoms with Crippen LogP contribution in [0.2, 0.25) is 0 Å². The zero-order valence-electron chi connectivity index (χ0n) is 34.5. The maximum absolute atomic E-state index is 13.4. The van der Waals surface area contributed by atoms with Gasteiger partial charge in [0.1, 0.15) is 18.8 Å². The van der Waals surface area contributed by atoms with Crippen LogP contribution in [0.5, 0.6) is 11.6 Å². The first-order valence-electron chi connectivity index (χ1n) is 21.1. The molecule has 2 saturated carbocycles. The smallest absolute Gasteiger partial charge is 0.429 e. The predicted molar refractivity (Wildman–Crippen MR) is 224 cm³/mol. The number of carbonyl (C=O) groups is 4. The molecule has 6 amide bonds. The number of unbranched alkanes of at least 4 members (excludes halogenated alkanes) is 4. The molecule has 4 heterocycles. The van der Waals surface area contributed by atoms with Crippen molar-refractivity contribution in [3.63, 3.8) is 0 Å². The van der Waals surface area contributed by atoms with E-state index in [4.69, 9.17) is 9.47 Å². The van der Waals surface area contributed by atoms with Crippen LogP contribution in [0, 0.1) is 17.9 Å². The number of carbonyl (C=O) groups excluding carboxylic acids is 4. The first-order valence-corrected chi connectivity index (χ1v) is 24.4. The second-order valence-electron chi connectivity index (χ2n) is 16.1. The van der Waals surface area contributed by atoms with E-state index in [1.807, 2.05) is 6.92 Å². The molecule has 0 spiro atoms. The molecule has 61 heavy (non-hydrogen) atoms. The minimum atomic E-state index is -3.82. The van der Waals surface area contributed by atoms with Crippen LogP contribution in [0.15, 0.2) is 30.6 Å². The number of nitrogens with one attached hydrogen (secondary N) is 4. The number of sulfonamides is 2. The molecule has 2 aromatic heterocycles. The van der Waals surface area contributed by atoms with E-state index in [-0.39, 0.29) is 54.5 Å². The van der Waals surface area contributed by atoms with Gasteiger partial charge in [0.2, 0.25) is 31.9 Å². The third kappa shape index (κ3) is 15.2. The maximum Gasteiger partial charge on any atom is 0.429 e. The predicted octanol–water partition coefficient (Wildman–Crippen LogP) is 3.88. The standard InChI is InChI=1S/C40H55N9O10S2/c1-2-33(46-60(54,55)17-7-3-5-15-48-24-36(50)44-39(48)52)30-20-35(43-38(21-30)59-27-29-11-12-29)42-14-13-34(31-19-32(23-41-22-31)58-26-28-9-10-28)47-61(56,57)18-8-4-6-16-49-25-37(51)45-40(49)53/h19-23,28-29,33-34,46-47H,2-13,15-18,24-27H2,1H3,(H-,44,45,50,51,52,53)/p+1/t33-,34-/m1/s1. The molecule has 2 saturated heterocycles. The fraction of sp³-hybridized carbons (Fsp3) is 0.625.